The van der Waals surface area contributed by atoms with Gasteiger partial charge in [-0.3, -0.25) is 9.69 Å². The van der Waals surface area contributed by atoms with E-state index in [0.717, 1.165) is 31.6 Å². The zero-order chi connectivity index (χ0) is 16.9. The second-order valence-electron chi connectivity index (χ2n) is 5.99. The lowest BCUT2D eigenvalue weighted by Crippen LogP contribution is -2.49. The van der Waals surface area contributed by atoms with Crippen molar-refractivity contribution < 1.29 is 13.6 Å². The van der Waals surface area contributed by atoms with Crippen molar-refractivity contribution in [2.75, 3.05) is 32.7 Å². The molecule has 0 N–H and O–H groups in total. The van der Waals surface area contributed by atoms with Crippen LogP contribution in [0.4, 0.5) is 8.78 Å². The molecule has 3 nitrogen and oxygen atoms in total. The monoisotopic (exact) mass is 330 g/mol. The van der Waals surface area contributed by atoms with Crippen LogP contribution in [0.3, 0.4) is 0 Å². The summed E-state index contributed by atoms with van der Waals surface area (Å²) in [7, 11) is 0. The third-order valence-electron chi connectivity index (χ3n) is 4.39. The fraction of sp³-hybridized carbons (Fsp3) is 0.316. The minimum atomic E-state index is -0.471. The lowest BCUT2D eigenvalue weighted by atomic mass is 10.1. The average molecular weight is 330 g/mol. The number of hydrogen-bond acceptors (Lipinski definition) is 2. The van der Waals surface area contributed by atoms with Crippen LogP contribution < -0.4 is 0 Å². The Labute approximate surface area is 140 Å². The molecule has 2 aromatic carbocycles. The standard InChI is InChI=1S/C19H20F2N2O/c20-16-7-5-15(6-8-16)9-10-22-11-13-23(14-12-22)19(24)17-3-1-2-4-18(17)21/h1-8H,9-14H2. The fourth-order valence-electron chi connectivity index (χ4n) is 2.92. The van der Waals surface area contributed by atoms with Gasteiger partial charge in [-0.15, -0.1) is 0 Å². The smallest absolute Gasteiger partial charge is 0.256 e. The second kappa shape index (κ2) is 7.53. The summed E-state index contributed by atoms with van der Waals surface area (Å²) >= 11 is 0. The molecular formula is C19H20F2N2O. The van der Waals surface area contributed by atoms with Crippen molar-refractivity contribution in [2.45, 2.75) is 6.42 Å². The maximum absolute atomic E-state index is 13.7. The van der Waals surface area contributed by atoms with E-state index in [4.69, 9.17) is 0 Å². The number of hydrogen-bond donors (Lipinski definition) is 0. The molecule has 0 bridgehead atoms. The lowest BCUT2D eigenvalue weighted by Gasteiger charge is -2.34. The van der Waals surface area contributed by atoms with Gasteiger partial charge in [0.2, 0.25) is 0 Å². The van der Waals surface area contributed by atoms with Crippen LogP contribution in [-0.4, -0.2) is 48.4 Å². The van der Waals surface area contributed by atoms with E-state index in [1.54, 1.807) is 29.2 Å². The molecule has 1 aliphatic rings. The molecule has 0 aliphatic carbocycles. The van der Waals surface area contributed by atoms with Crippen LogP contribution in [0.15, 0.2) is 48.5 Å². The molecule has 5 heteroatoms. The number of halogens is 2. The van der Waals surface area contributed by atoms with Crippen LogP contribution in [0, 0.1) is 11.6 Å². The Morgan fingerprint density at radius 3 is 2.25 bits per heavy atom. The summed E-state index contributed by atoms with van der Waals surface area (Å²) in [6, 6.07) is 12.6. The van der Waals surface area contributed by atoms with Crippen LogP contribution >= 0.6 is 0 Å². The fourth-order valence-corrected chi connectivity index (χ4v) is 2.92. The van der Waals surface area contributed by atoms with Gasteiger partial charge in [-0.2, -0.15) is 0 Å². The van der Waals surface area contributed by atoms with Gasteiger partial charge in [0.05, 0.1) is 5.56 Å². The van der Waals surface area contributed by atoms with Crippen molar-refractivity contribution in [2.24, 2.45) is 0 Å². The van der Waals surface area contributed by atoms with Crippen LogP contribution in [-0.2, 0) is 6.42 Å². The third-order valence-corrected chi connectivity index (χ3v) is 4.39. The van der Waals surface area contributed by atoms with Crippen molar-refractivity contribution in [1.82, 2.24) is 9.80 Å². The van der Waals surface area contributed by atoms with Crippen LogP contribution in [0.2, 0.25) is 0 Å². The van der Waals surface area contributed by atoms with Crippen LogP contribution in [0.1, 0.15) is 15.9 Å². The molecule has 0 unspecified atom stereocenters. The zero-order valence-corrected chi connectivity index (χ0v) is 13.4. The molecule has 1 amide bonds. The Morgan fingerprint density at radius 2 is 1.58 bits per heavy atom. The van der Waals surface area contributed by atoms with E-state index < -0.39 is 5.82 Å². The van der Waals surface area contributed by atoms with Crippen LogP contribution in [0.5, 0.6) is 0 Å². The molecule has 1 saturated heterocycles. The van der Waals surface area contributed by atoms with Gasteiger partial charge in [0.25, 0.3) is 5.91 Å². The largest absolute Gasteiger partial charge is 0.336 e. The topological polar surface area (TPSA) is 23.6 Å². The Hall–Kier alpha value is -2.27. The van der Waals surface area contributed by atoms with Gasteiger partial charge in [-0.05, 0) is 36.2 Å². The van der Waals surface area contributed by atoms with Crippen molar-refractivity contribution in [3.05, 3.63) is 71.3 Å². The molecule has 1 fully saturated rings. The number of carbonyl (C=O) groups excluding carboxylic acids is 1. The van der Waals surface area contributed by atoms with E-state index in [2.05, 4.69) is 4.90 Å². The molecule has 3 rings (SSSR count). The summed E-state index contributed by atoms with van der Waals surface area (Å²) in [6.07, 6.45) is 0.849. The minimum absolute atomic E-state index is 0.136. The molecule has 126 valence electrons. The van der Waals surface area contributed by atoms with E-state index in [-0.39, 0.29) is 17.3 Å². The van der Waals surface area contributed by atoms with Gasteiger partial charge in [-0.25, -0.2) is 8.78 Å². The van der Waals surface area contributed by atoms with Crippen molar-refractivity contribution in [3.63, 3.8) is 0 Å². The molecule has 0 spiro atoms. The molecule has 1 aliphatic heterocycles. The summed E-state index contributed by atoms with van der Waals surface area (Å²) in [4.78, 5) is 16.3. The molecule has 0 saturated carbocycles. The molecular weight excluding hydrogens is 310 g/mol. The van der Waals surface area contributed by atoms with Gasteiger partial charge in [0.1, 0.15) is 11.6 Å². The lowest BCUT2D eigenvalue weighted by molar-refractivity contribution is 0.0634. The van der Waals surface area contributed by atoms with E-state index in [9.17, 15) is 13.6 Å². The summed E-state index contributed by atoms with van der Waals surface area (Å²) < 4.78 is 26.6. The number of carbonyl (C=O) groups is 1. The minimum Gasteiger partial charge on any atom is -0.336 e. The number of rotatable bonds is 4. The molecule has 24 heavy (non-hydrogen) atoms. The highest BCUT2D eigenvalue weighted by molar-refractivity contribution is 5.94. The number of piperazine rings is 1. The third kappa shape index (κ3) is 3.97. The predicted molar refractivity (Wildman–Crippen MR) is 88.8 cm³/mol. The first-order chi connectivity index (χ1) is 11.6. The second-order valence-corrected chi connectivity index (χ2v) is 5.99. The maximum Gasteiger partial charge on any atom is 0.256 e. The normalized spacial score (nSPS) is 15.5. The highest BCUT2D eigenvalue weighted by atomic mass is 19.1. The first-order valence-corrected chi connectivity index (χ1v) is 8.14. The quantitative estimate of drug-likeness (QED) is 0.860. The molecule has 1 heterocycles. The summed E-state index contributed by atoms with van der Waals surface area (Å²) in [5.41, 5.74) is 1.23. The van der Waals surface area contributed by atoms with E-state index in [0.29, 0.717) is 13.1 Å². The number of nitrogens with zero attached hydrogens (tertiary/aromatic N) is 2. The highest BCUT2D eigenvalue weighted by Gasteiger charge is 2.23. The summed E-state index contributed by atoms with van der Waals surface area (Å²) in [5.74, 6) is -0.938. The zero-order valence-electron chi connectivity index (χ0n) is 13.4. The van der Waals surface area contributed by atoms with Gasteiger partial charge < -0.3 is 4.90 Å². The SMILES string of the molecule is O=C(c1ccccc1F)N1CCN(CCc2ccc(F)cc2)CC1. The molecule has 0 aromatic heterocycles. The number of benzene rings is 2. The Balaban J connectivity index is 1.49. The van der Waals surface area contributed by atoms with E-state index in [1.807, 2.05) is 0 Å². The summed E-state index contributed by atoms with van der Waals surface area (Å²) in [6.45, 7) is 3.59. The first-order valence-electron chi connectivity index (χ1n) is 8.14. The van der Waals surface area contributed by atoms with E-state index in [1.165, 1.54) is 24.3 Å². The van der Waals surface area contributed by atoms with Gasteiger partial charge in [0.15, 0.2) is 0 Å². The van der Waals surface area contributed by atoms with Crippen LogP contribution in [0.25, 0.3) is 0 Å². The molecule has 0 radical (unpaired) electrons. The van der Waals surface area contributed by atoms with Gasteiger partial charge in [-0.1, -0.05) is 24.3 Å². The van der Waals surface area contributed by atoms with Crippen molar-refractivity contribution >= 4 is 5.91 Å². The van der Waals surface area contributed by atoms with Crippen molar-refractivity contribution in [1.29, 1.82) is 0 Å². The maximum atomic E-state index is 13.7. The Kier molecular flexibility index (Phi) is 5.20. The Bertz CT molecular complexity index is 695. The van der Waals surface area contributed by atoms with E-state index >= 15 is 0 Å². The number of amides is 1. The summed E-state index contributed by atoms with van der Waals surface area (Å²) in [5, 5.41) is 0. The van der Waals surface area contributed by atoms with Gasteiger partial charge in [0, 0.05) is 32.7 Å². The molecule has 2 aromatic rings. The molecule has 0 atom stereocenters. The van der Waals surface area contributed by atoms with Gasteiger partial charge >= 0.3 is 0 Å². The van der Waals surface area contributed by atoms with Crippen molar-refractivity contribution in [3.8, 4) is 0 Å². The first kappa shape index (κ1) is 16.6. The Morgan fingerprint density at radius 1 is 0.917 bits per heavy atom. The average Bonchev–Trinajstić information content (AvgIpc) is 2.61. The predicted octanol–water partition coefficient (Wildman–Crippen LogP) is 2.97. The highest BCUT2D eigenvalue weighted by Crippen LogP contribution is 2.13.